The lowest BCUT2D eigenvalue weighted by Gasteiger charge is -2.15. The van der Waals surface area contributed by atoms with Gasteiger partial charge >= 0.3 is 5.97 Å². The molecule has 0 radical (unpaired) electrons. The molecule has 2 aromatic rings. The quantitative estimate of drug-likeness (QED) is 0.730. The van der Waals surface area contributed by atoms with Gasteiger partial charge in [-0.05, 0) is 11.6 Å². The number of carboxylic acid groups (broad SMARTS) is 1. The summed E-state index contributed by atoms with van der Waals surface area (Å²) in [5.74, 6) is -1.31. The van der Waals surface area contributed by atoms with Gasteiger partial charge in [-0.15, -0.1) is 0 Å². The molecule has 0 bridgehead atoms. The average Bonchev–Trinajstić information content (AvgIpc) is 2.72. The van der Waals surface area contributed by atoms with E-state index in [9.17, 15) is 4.79 Å². The summed E-state index contributed by atoms with van der Waals surface area (Å²) in [6.45, 7) is 0. The zero-order valence-corrected chi connectivity index (χ0v) is 8.97. The molecule has 0 aliphatic heterocycles. The number of carbonyl (C=O) groups is 1. The Morgan fingerprint density at radius 2 is 2.24 bits per heavy atom. The predicted octanol–water partition coefficient (Wildman–Crippen LogP) is 1.02. The number of hydrogen-bond acceptors (Lipinski definition) is 3. The van der Waals surface area contributed by atoms with Gasteiger partial charge in [0.25, 0.3) is 0 Å². The van der Waals surface area contributed by atoms with E-state index >= 15 is 0 Å². The Balaban J connectivity index is 2.43. The summed E-state index contributed by atoms with van der Waals surface area (Å²) in [6, 6.07) is 9.11. The highest BCUT2D eigenvalue weighted by Crippen LogP contribution is 2.21. The number of carboxylic acids is 1. The maximum Gasteiger partial charge on any atom is 0.338 e. The fourth-order valence-electron chi connectivity index (χ4n) is 1.74. The van der Waals surface area contributed by atoms with Crippen LogP contribution in [-0.4, -0.2) is 21.6 Å². The largest absolute Gasteiger partial charge is 0.479 e. The van der Waals surface area contributed by atoms with Gasteiger partial charge in [-0.3, -0.25) is 0 Å². The second-order valence-corrected chi connectivity index (χ2v) is 3.92. The molecular formula is C12H11N3O2. The first kappa shape index (κ1) is 11.2. The van der Waals surface area contributed by atoms with Crippen LogP contribution < -0.4 is 5.73 Å². The van der Waals surface area contributed by atoms with Gasteiger partial charge < -0.3 is 15.8 Å². The monoisotopic (exact) mass is 229 g/mol. The number of nitrogens with zero attached hydrogens (tertiary/aromatic N) is 1. The topological polar surface area (TPSA) is 103 Å². The number of benzene rings is 1. The minimum atomic E-state index is -1.88. The maximum atomic E-state index is 11.0. The van der Waals surface area contributed by atoms with Crippen molar-refractivity contribution in [1.29, 1.82) is 5.26 Å². The zero-order valence-electron chi connectivity index (χ0n) is 8.97. The van der Waals surface area contributed by atoms with E-state index in [0.29, 0.717) is 0 Å². The molecule has 1 aromatic carbocycles. The van der Waals surface area contributed by atoms with Crippen LogP contribution in [0.1, 0.15) is 5.56 Å². The van der Waals surface area contributed by atoms with Crippen LogP contribution in [0.25, 0.3) is 10.9 Å². The molecule has 0 unspecified atom stereocenters. The van der Waals surface area contributed by atoms with Crippen LogP contribution >= 0.6 is 0 Å². The standard InChI is InChI=1S/C12H11N3O2/c13-7-12(14,11(16)17)5-8-6-15-10-4-2-1-3-9(8)10/h1-4,6,15H,5,14H2,(H,16,17)/t12-/m0/s1. The van der Waals surface area contributed by atoms with Crippen molar-refractivity contribution in [3.05, 3.63) is 36.0 Å². The van der Waals surface area contributed by atoms with Gasteiger partial charge in [-0.25, -0.2) is 4.79 Å². The number of nitrogens with one attached hydrogen (secondary N) is 1. The molecule has 17 heavy (non-hydrogen) atoms. The van der Waals surface area contributed by atoms with Crippen LogP contribution in [0.3, 0.4) is 0 Å². The molecule has 1 heterocycles. The molecule has 0 saturated heterocycles. The van der Waals surface area contributed by atoms with Crippen LogP contribution in [0, 0.1) is 11.3 Å². The summed E-state index contributed by atoms with van der Waals surface area (Å²) < 4.78 is 0. The summed E-state index contributed by atoms with van der Waals surface area (Å²) in [7, 11) is 0. The normalized spacial score (nSPS) is 14.1. The number of fused-ring (bicyclic) bond motifs is 1. The first-order chi connectivity index (χ1) is 8.07. The Morgan fingerprint density at radius 1 is 1.53 bits per heavy atom. The number of nitriles is 1. The predicted molar refractivity (Wildman–Crippen MR) is 62.2 cm³/mol. The van der Waals surface area contributed by atoms with Crippen LogP contribution in [0.2, 0.25) is 0 Å². The summed E-state index contributed by atoms with van der Waals surface area (Å²) >= 11 is 0. The van der Waals surface area contributed by atoms with E-state index in [4.69, 9.17) is 16.1 Å². The van der Waals surface area contributed by atoms with Gasteiger partial charge in [0.05, 0.1) is 6.07 Å². The van der Waals surface area contributed by atoms with Crippen LogP contribution in [0.15, 0.2) is 30.5 Å². The van der Waals surface area contributed by atoms with Gasteiger partial charge in [-0.2, -0.15) is 5.26 Å². The number of nitrogens with two attached hydrogens (primary N) is 1. The fourth-order valence-corrected chi connectivity index (χ4v) is 1.74. The van der Waals surface area contributed by atoms with Crippen molar-refractivity contribution in [2.24, 2.45) is 5.73 Å². The van der Waals surface area contributed by atoms with Gasteiger partial charge in [0.15, 0.2) is 0 Å². The minimum Gasteiger partial charge on any atom is -0.479 e. The average molecular weight is 229 g/mol. The van der Waals surface area contributed by atoms with Crippen molar-refractivity contribution < 1.29 is 9.90 Å². The smallest absolute Gasteiger partial charge is 0.338 e. The van der Waals surface area contributed by atoms with Crippen LogP contribution in [0.5, 0.6) is 0 Å². The molecule has 1 aromatic heterocycles. The second kappa shape index (κ2) is 3.92. The Labute approximate surface area is 97.5 Å². The lowest BCUT2D eigenvalue weighted by molar-refractivity contribution is -0.141. The molecule has 2 rings (SSSR count). The van der Waals surface area contributed by atoms with E-state index in [0.717, 1.165) is 16.5 Å². The fraction of sp³-hybridized carbons (Fsp3) is 0.167. The Hall–Kier alpha value is -2.32. The number of rotatable bonds is 3. The number of aliphatic carboxylic acids is 1. The third kappa shape index (κ3) is 1.86. The van der Waals surface area contributed by atoms with Gasteiger partial charge in [0.2, 0.25) is 5.54 Å². The van der Waals surface area contributed by atoms with Crippen LogP contribution in [-0.2, 0) is 11.2 Å². The molecule has 86 valence electrons. The summed E-state index contributed by atoms with van der Waals surface area (Å²) in [5.41, 5.74) is 5.29. The highest BCUT2D eigenvalue weighted by atomic mass is 16.4. The van der Waals surface area contributed by atoms with Crippen molar-refractivity contribution in [1.82, 2.24) is 4.98 Å². The molecular weight excluding hydrogens is 218 g/mol. The first-order valence-corrected chi connectivity index (χ1v) is 5.05. The third-order valence-electron chi connectivity index (χ3n) is 2.73. The lowest BCUT2D eigenvalue weighted by atomic mass is 9.93. The van der Waals surface area contributed by atoms with E-state index in [1.54, 1.807) is 12.3 Å². The third-order valence-corrected chi connectivity index (χ3v) is 2.73. The van der Waals surface area contributed by atoms with Crippen molar-refractivity contribution in [2.45, 2.75) is 12.0 Å². The van der Waals surface area contributed by atoms with Crippen molar-refractivity contribution >= 4 is 16.9 Å². The molecule has 0 aliphatic rings. The van der Waals surface area contributed by atoms with E-state index in [1.807, 2.05) is 24.3 Å². The molecule has 0 amide bonds. The van der Waals surface area contributed by atoms with Crippen LogP contribution in [0.4, 0.5) is 0 Å². The molecule has 5 nitrogen and oxygen atoms in total. The molecule has 1 atom stereocenters. The van der Waals surface area contributed by atoms with Gasteiger partial charge in [-0.1, -0.05) is 18.2 Å². The second-order valence-electron chi connectivity index (χ2n) is 3.92. The van der Waals surface area contributed by atoms with E-state index < -0.39 is 11.5 Å². The molecule has 0 spiro atoms. The van der Waals surface area contributed by atoms with E-state index in [2.05, 4.69) is 4.98 Å². The summed E-state index contributed by atoms with van der Waals surface area (Å²) in [5, 5.41) is 18.7. The number of hydrogen-bond donors (Lipinski definition) is 3. The first-order valence-electron chi connectivity index (χ1n) is 5.05. The van der Waals surface area contributed by atoms with Gasteiger partial charge in [0, 0.05) is 23.5 Å². The van der Waals surface area contributed by atoms with E-state index in [1.165, 1.54) is 0 Å². The Bertz CT molecular complexity index is 611. The summed E-state index contributed by atoms with van der Waals surface area (Å²) in [6.07, 6.45) is 1.66. The highest BCUT2D eigenvalue weighted by molar-refractivity contribution is 5.87. The SMILES string of the molecule is N#C[C@@](N)(Cc1c[nH]c2ccccc12)C(=O)O. The van der Waals surface area contributed by atoms with Crippen molar-refractivity contribution in [2.75, 3.05) is 0 Å². The van der Waals surface area contributed by atoms with Crippen molar-refractivity contribution in [3.8, 4) is 6.07 Å². The number of aromatic nitrogens is 1. The molecule has 0 aliphatic carbocycles. The maximum absolute atomic E-state index is 11.0. The zero-order chi connectivity index (χ0) is 12.5. The van der Waals surface area contributed by atoms with Gasteiger partial charge in [0.1, 0.15) is 0 Å². The number of para-hydroxylation sites is 1. The summed E-state index contributed by atoms with van der Waals surface area (Å²) in [4.78, 5) is 14.0. The highest BCUT2D eigenvalue weighted by Gasteiger charge is 2.35. The Kier molecular flexibility index (Phi) is 2.58. The minimum absolute atomic E-state index is 0.0250. The molecule has 4 N–H and O–H groups in total. The number of aromatic amines is 1. The van der Waals surface area contributed by atoms with Crippen molar-refractivity contribution in [3.63, 3.8) is 0 Å². The Morgan fingerprint density at radius 3 is 2.88 bits per heavy atom. The molecule has 0 fully saturated rings. The molecule has 0 saturated carbocycles. The molecule has 5 heteroatoms. The van der Waals surface area contributed by atoms with E-state index in [-0.39, 0.29) is 6.42 Å². The number of H-pyrrole nitrogens is 1. The lowest BCUT2D eigenvalue weighted by Crippen LogP contribution is -2.48.